The smallest absolute Gasteiger partial charge is 0.144 e. The molecule has 1 nitrogen and oxygen atoms in total. The molecule has 0 bridgehead atoms. The molecule has 0 aliphatic rings. The van der Waals surface area contributed by atoms with Gasteiger partial charge in [-0.3, -0.25) is 0 Å². The molecule has 1 rings (SSSR count). The Labute approximate surface area is 133 Å². The molecule has 112 valence electrons. The molecule has 0 spiro atoms. The molecule has 20 heavy (non-hydrogen) atoms. The first-order valence-corrected chi connectivity index (χ1v) is 8.58. The quantitative estimate of drug-likeness (QED) is 0.743. The van der Waals surface area contributed by atoms with Crippen molar-refractivity contribution in [1.29, 1.82) is 0 Å². The monoisotopic (exact) mass is 338 g/mol. The summed E-state index contributed by atoms with van der Waals surface area (Å²) in [5, 5.41) is 10.2. The molecule has 1 aromatic carbocycles. The van der Waals surface area contributed by atoms with Crippen LogP contribution in [-0.4, -0.2) is 13.0 Å². The summed E-state index contributed by atoms with van der Waals surface area (Å²) in [5.41, 5.74) is 2.02. The van der Waals surface area contributed by atoms with E-state index >= 15 is 0 Å². The van der Waals surface area contributed by atoms with Gasteiger partial charge in [0.1, 0.15) is 13.6 Å². The van der Waals surface area contributed by atoms with E-state index in [9.17, 15) is 5.11 Å². The van der Waals surface area contributed by atoms with Gasteiger partial charge in [0.05, 0.1) is 0 Å². The van der Waals surface area contributed by atoms with Crippen molar-refractivity contribution in [3.63, 3.8) is 0 Å². The predicted octanol–water partition coefficient (Wildman–Crippen LogP) is 4.05. The average molecular weight is 339 g/mol. The maximum absolute atomic E-state index is 10.2. The molecular formula is C17H28BBrO. The van der Waals surface area contributed by atoms with Gasteiger partial charge < -0.3 is 5.11 Å². The summed E-state index contributed by atoms with van der Waals surface area (Å²) in [6.07, 6.45) is 4.87. The Morgan fingerprint density at radius 3 is 2.35 bits per heavy atom. The highest BCUT2D eigenvalue weighted by Gasteiger charge is 2.16. The Kier molecular flexibility index (Phi) is 7.15. The second kappa shape index (κ2) is 8.12. The molecule has 3 heteroatoms. The van der Waals surface area contributed by atoms with E-state index in [1.54, 1.807) is 0 Å². The fourth-order valence-electron chi connectivity index (χ4n) is 2.64. The van der Waals surface area contributed by atoms with Gasteiger partial charge in [-0.1, -0.05) is 69.0 Å². The van der Waals surface area contributed by atoms with Crippen LogP contribution in [0.25, 0.3) is 0 Å². The van der Waals surface area contributed by atoms with Crippen molar-refractivity contribution < 1.29 is 5.11 Å². The molecule has 2 atom stereocenters. The van der Waals surface area contributed by atoms with Gasteiger partial charge in [0.25, 0.3) is 0 Å². The summed E-state index contributed by atoms with van der Waals surface area (Å²) in [7, 11) is 1.96. The van der Waals surface area contributed by atoms with Gasteiger partial charge in [0.2, 0.25) is 0 Å². The third kappa shape index (κ3) is 5.51. The number of hydrogen-bond acceptors (Lipinski definition) is 1. The van der Waals surface area contributed by atoms with Crippen molar-refractivity contribution in [3.8, 4) is 5.75 Å². The number of aromatic hydroxyl groups is 1. The highest BCUT2D eigenvalue weighted by Crippen LogP contribution is 2.27. The molecule has 0 heterocycles. The minimum Gasteiger partial charge on any atom is -0.508 e. The maximum Gasteiger partial charge on any atom is 0.144 e. The first-order valence-electron chi connectivity index (χ1n) is 7.79. The van der Waals surface area contributed by atoms with E-state index in [1.807, 2.05) is 13.9 Å². The summed E-state index contributed by atoms with van der Waals surface area (Å²) in [6.45, 7) is 9.22. The van der Waals surface area contributed by atoms with Crippen LogP contribution in [-0.2, 0) is 6.42 Å². The summed E-state index contributed by atoms with van der Waals surface area (Å²) in [4.78, 5) is 0. The number of phenols is 1. The zero-order chi connectivity index (χ0) is 15.3. The number of halogens is 1. The van der Waals surface area contributed by atoms with Crippen LogP contribution >= 0.6 is 15.9 Å². The second-order valence-electron chi connectivity index (χ2n) is 6.71. The molecule has 0 amide bonds. The van der Waals surface area contributed by atoms with Gasteiger partial charge in [-0.05, 0) is 41.3 Å². The lowest BCUT2D eigenvalue weighted by Crippen LogP contribution is -2.14. The first kappa shape index (κ1) is 17.6. The molecule has 0 aliphatic heterocycles. The summed E-state index contributed by atoms with van der Waals surface area (Å²) < 4.78 is 1.06. The fourth-order valence-corrected chi connectivity index (χ4v) is 3.26. The van der Waals surface area contributed by atoms with Gasteiger partial charge in [0, 0.05) is 4.47 Å². The third-order valence-corrected chi connectivity index (χ3v) is 4.76. The van der Waals surface area contributed by atoms with E-state index < -0.39 is 0 Å². The Hall–Kier alpha value is -0.435. The topological polar surface area (TPSA) is 20.2 Å². The molecule has 1 aromatic rings. The average Bonchev–Trinajstić information content (AvgIpc) is 2.34. The van der Waals surface area contributed by atoms with Crippen molar-refractivity contribution in [3.05, 3.63) is 22.2 Å². The Balaban J connectivity index is 2.59. The highest BCUT2D eigenvalue weighted by atomic mass is 79.9. The van der Waals surface area contributed by atoms with Crippen molar-refractivity contribution in [2.75, 3.05) is 0 Å². The van der Waals surface area contributed by atoms with Crippen LogP contribution in [0.15, 0.2) is 16.6 Å². The van der Waals surface area contributed by atoms with E-state index in [2.05, 4.69) is 49.7 Å². The lowest BCUT2D eigenvalue weighted by atomic mass is 9.83. The summed E-state index contributed by atoms with van der Waals surface area (Å²) in [5.74, 6) is 2.57. The molecule has 1 N–H and O–H groups in total. The number of hydrogen-bond donors (Lipinski definition) is 1. The standard InChI is InChI=1S/C17H28BBrO/c1-11(2)6-5-7-12(3)13(4)8-14-9-15(19)10-16(18)17(14)20/h9-13,20H,5-8,18H2,1-4H3. The van der Waals surface area contributed by atoms with E-state index in [1.165, 1.54) is 19.3 Å². The molecular weight excluding hydrogens is 311 g/mol. The van der Waals surface area contributed by atoms with Crippen LogP contribution in [0.3, 0.4) is 0 Å². The number of phenolic OH excluding ortho intramolecular Hbond substituents is 1. The minimum atomic E-state index is 0.467. The van der Waals surface area contributed by atoms with Crippen molar-refractivity contribution in [2.24, 2.45) is 17.8 Å². The maximum atomic E-state index is 10.2. The van der Waals surface area contributed by atoms with E-state index in [4.69, 9.17) is 0 Å². The molecule has 0 aromatic heterocycles. The normalized spacial score (nSPS) is 14.5. The van der Waals surface area contributed by atoms with Crippen molar-refractivity contribution in [2.45, 2.75) is 53.4 Å². The van der Waals surface area contributed by atoms with Gasteiger partial charge >= 0.3 is 0 Å². The zero-order valence-electron chi connectivity index (χ0n) is 13.5. The number of rotatable bonds is 7. The third-order valence-electron chi connectivity index (χ3n) is 4.30. The SMILES string of the molecule is Bc1cc(Br)cc(CC(C)C(C)CCCC(C)C)c1O. The van der Waals surface area contributed by atoms with Gasteiger partial charge in [-0.15, -0.1) is 0 Å². The van der Waals surface area contributed by atoms with E-state index in [0.717, 1.165) is 27.8 Å². The van der Waals surface area contributed by atoms with Crippen LogP contribution in [0.4, 0.5) is 0 Å². The lowest BCUT2D eigenvalue weighted by molar-refractivity contribution is 0.338. The highest BCUT2D eigenvalue weighted by molar-refractivity contribution is 9.10. The van der Waals surface area contributed by atoms with Crippen LogP contribution < -0.4 is 5.46 Å². The van der Waals surface area contributed by atoms with Crippen LogP contribution in [0.2, 0.25) is 0 Å². The van der Waals surface area contributed by atoms with E-state index in [-0.39, 0.29) is 0 Å². The first-order chi connectivity index (χ1) is 9.31. The number of benzene rings is 1. The Morgan fingerprint density at radius 2 is 1.75 bits per heavy atom. The Morgan fingerprint density at radius 1 is 1.10 bits per heavy atom. The predicted molar refractivity (Wildman–Crippen MR) is 94.7 cm³/mol. The largest absolute Gasteiger partial charge is 0.508 e. The van der Waals surface area contributed by atoms with Gasteiger partial charge in [-0.25, -0.2) is 0 Å². The van der Waals surface area contributed by atoms with E-state index in [0.29, 0.717) is 17.6 Å². The molecule has 0 saturated carbocycles. The molecule has 2 unspecified atom stereocenters. The Bertz CT molecular complexity index is 431. The molecule has 0 fully saturated rings. The molecule has 0 aliphatic carbocycles. The van der Waals surface area contributed by atoms with Crippen LogP contribution in [0.5, 0.6) is 5.75 Å². The molecule has 0 radical (unpaired) electrons. The van der Waals surface area contributed by atoms with Crippen LogP contribution in [0, 0.1) is 17.8 Å². The van der Waals surface area contributed by atoms with Gasteiger partial charge in [-0.2, -0.15) is 0 Å². The fraction of sp³-hybridized carbons (Fsp3) is 0.647. The lowest BCUT2D eigenvalue weighted by Gasteiger charge is -2.21. The summed E-state index contributed by atoms with van der Waals surface area (Å²) in [6, 6.07) is 4.02. The van der Waals surface area contributed by atoms with Crippen LogP contribution in [0.1, 0.15) is 52.5 Å². The molecule has 0 saturated heterocycles. The minimum absolute atomic E-state index is 0.467. The zero-order valence-corrected chi connectivity index (χ0v) is 15.1. The van der Waals surface area contributed by atoms with Crippen molar-refractivity contribution >= 4 is 29.2 Å². The van der Waals surface area contributed by atoms with Crippen molar-refractivity contribution in [1.82, 2.24) is 0 Å². The van der Waals surface area contributed by atoms with Gasteiger partial charge in [0.15, 0.2) is 0 Å². The second-order valence-corrected chi connectivity index (χ2v) is 7.63. The summed E-state index contributed by atoms with van der Waals surface area (Å²) >= 11 is 3.52.